The van der Waals surface area contributed by atoms with E-state index in [0.717, 1.165) is 29.8 Å². The van der Waals surface area contributed by atoms with E-state index in [9.17, 15) is 14.4 Å². The lowest BCUT2D eigenvalue weighted by atomic mass is 9.91. The minimum absolute atomic E-state index is 0.00996. The summed E-state index contributed by atoms with van der Waals surface area (Å²) in [6.45, 7) is 11.6. The second-order valence-corrected chi connectivity index (χ2v) is 13.9. The van der Waals surface area contributed by atoms with E-state index in [2.05, 4.69) is 38.0 Å². The van der Waals surface area contributed by atoms with Gasteiger partial charge in [0.05, 0.1) is 25.8 Å². The molecule has 2 amide bonds. The van der Waals surface area contributed by atoms with Gasteiger partial charge in [0.1, 0.15) is 17.2 Å². The number of carbonyl (C=O) groups is 3. The van der Waals surface area contributed by atoms with E-state index in [4.69, 9.17) is 25.5 Å². The number of benzene rings is 1. The van der Waals surface area contributed by atoms with Crippen molar-refractivity contribution in [2.45, 2.75) is 58.3 Å². The maximum absolute atomic E-state index is 13.1. The van der Waals surface area contributed by atoms with Crippen LogP contribution < -0.4 is 15.4 Å². The number of carbonyl (C=O) groups excluding carboxylic acids is 3. The smallest absolute Gasteiger partial charge is 0.315 e. The van der Waals surface area contributed by atoms with Gasteiger partial charge in [0.15, 0.2) is 8.32 Å². The molecule has 0 fully saturated rings. The first-order chi connectivity index (χ1) is 16.5. The molecule has 0 aromatic heterocycles. The minimum atomic E-state index is -1.97. The Morgan fingerprint density at radius 2 is 1.80 bits per heavy atom. The van der Waals surface area contributed by atoms with Crippen LogP contribution in [0, 0.1) is 5.41 Å². The molecule has 1 rings (SSSR count). The third-order valence-corrected chi connectivity index (χ3v) is 11.4. The molecule has 2 atom stereocenters. The van der Waals surface area contributed by atoms with Gasteiger partial charge in [0, 0.05) is 13.0 Å². The van der Waals surface area contributed by atoms with Crippen LogP contribution in [0.15, 0.2) is 30.9 Å². The van der Waals surface area contributed by atoms with Crippen LogP contribution in [-0.4, -0.2) is 59.5 Å². The second-order valence-electron chi connectivity index (χ2n) is 8.74. The molecule has 0 heterocycles. The summed E-state index contributed by atoms with van der Waals surface area (Å²) in [5.41, 5.74) is -0.359. The topological polar surface area (TPSA) is 103 Å². The van der Waals surface area contributed by atoms with Crippen molar-refractivity contribution in [2.75, 3.05) is 27.4 Å². The van der Waals surface area contributed by atoms with E-state index in [0.29, 0.717) is 10.8 Å². The normalized spacial score (nSPS) is 13.8. The van der Waals surface area contributed by atoms with Crippen molar-refractivity contribution >= 4 is 37.7 Å². The molecule has 10 heteroatoms. The lowest BCUT2D eigenvalue weighted by Crippen LogP contribution is -2.53. The molecular weight excluding hydrogens is 488 g/mol. The summed E-state index contributed by atoms with van der Waals surface area (Å²) in [4.78, 5) is 37.8. The lowest BCUT2D eigenvalue weighted by Gasteiger charge is -2.34. The fraction of sp³-hybridized carbons (Fsp3) is 0.560. The van der Waals surface area contributed by atoms with E-state index in [-0.39, 0.29) is 19.6 Å². The molecule has 0 saturated heterocycles. The Morgan fingerprint density at radius 1 is 1.17 bits per heavy atom. The Labute approximate surface area is 214 Å². The van der Waals surface area contributed by atoms with Crippen LogP contribution in [0.3, 0.4) is 0 Å². The zero-order chi connectivity index (χ0) is 26.6. The predicted octanol–water partition coefficient (Wildman–Crippen LogP) is 3.88. The fourth-order valence-electron chi connectivity index (χ4n) is 3.71. The predicted molar refractivity (Wildman–Crippen MR) is 140 cm³/mol. The molecule has 0 radical (unpaired) electrons. The molecule has 2 unspecified atom stereocenters. The summed E-state index contributed by atoms with van der Waals surface area (Å²) < 4.78 is 16.5. The van der Waals surface area contributed by atoms with Crippen molar-refractivity contribution in [3.8, 4) is 5.75 Å². The van der Waals surface area contributed by atoms with E-state index in [1.165, 1.54) is 14.2 Å². The Bertz CT molecular complexity index is 884. The lowest BCUT2D eigenvalue weighted by molar-refractivity contribution is -0.153. The van der Waals surface area contributed by atoms with Gasteiger partial charge in [-0.05, 0) is 48.8 Å². The summed E-state index contributed by atoms with van der Waals surface area (Å²) in [6, 6.07) is 7.03. The quantitative estimate of drug-likeness (QED) is 0.204. The number of halogens is 1. The highest BCUT2D eigenvalue weighted by molar-refractivity contribution is 6.73. The molecule has 1 aromatic rings. The van der Waals surface area contributed by atoms with Crippen LogP contribution >= 0.6 is 11.6 Å². The average molecular weight is 527 g/mol. The highest BCUT2D eigenvalue weighted by Crippen LogP contribution is 2.27. The van der Waals surface area contributed by atoms with Crippen LogP contribution in [0.25, 0.3) is 0 Å². The minimum Gasteiger partial charge on any atom is -0.495 e. The van der Waals surface area contributed by atoms with Crippen LogP contribution in [0.5, 0.6) is 5.75 Å². The summed E-state index contributed by atoms with van der Waals surface area (Å²) >= 11 is 6.21. The van der Waals surface area contributed by atoms with E-state index < -0.39 is 37.6 Å². The number of esters is 1. The summed E-state index contributed by atoms with van der Waals surface area (Å²) in [7, 11) is 0.858. The van der Waals surface area contributed by atoms with Gasteiger partial charge in [0.2, 0.25) is 11.8 Å². The van der Waals surface area contributed by atoms with Gasteiger partial charge in [-0.25, -0.2) is 0 Å². The Kier molecular flexibility index (Phi) is 12.5. The van der Waals surface area contributed by atoms with Gasteiger partial charge in [-0.2, -0.15) is 0 Å². The maximum Gasteiger partial charge on any atom is 0.315 e. The zero-order valence-corrected chi connectivity index (χ0v) is 23.4. The highest BCUT2D eigenvalue weighted by atomic mass is 35.5. The van der Waals surface area contributed by atoms with E-state index in [1.807, 2.05) is 0 Å². The van der Waals surface area contributed by atoms with Crippen molar-refractivity contribution in [1.82, 2.24) is 10.6 Å². The third kappa shape index (κ3) is 8.66. The molecule has 2 N–H and O–H groups in total. The molecular formula is C25H39ClN2O6Si. The molecule has 0 aliphatic carbocycles. The van der Waals surface area contributed by atoms with E-state index >= 15 is 0 Å². The standard InChI is InChI=1S/C25H39ClN2O6Si/c1-8-22(29)28-20(15-18-12-13-21(32-6)19(26)14-18)23(30)27-16-25(5,24(31)33-7)17-34-35(9-2,10-3)11-4/h8,12-14,20H,1,9-11,15-17H2,2-7H3,(H,27,30)(H,28,29). The fourth-order valence-corrected chi connectivity index (χ4v) is 6.73. The molecule has 35 heavy (non-hydrogen) atoms. The first kappa shape index (κ1) is 30.7. The van der Waals surface area contributed by atoms with Crippen LogP contribution in [-0.2, 0) is 30.0 Å². The number of hydrogen-bond acceptors (Lipinski definition) is 6. The van der Waals surface area contributed by atoms with Crippen molar-refractivity contribution < 1.29 is 28.3 Å². The van der Waals surface area contributed by atoms with Crippen LogP contribution in [0.4, 0.5) is 0 Å². The van der Waals surface area contributed by atoms with Gasteiger partial charge < -0.3 is 24.5 Å². The van der Waals surface area contributed by atoms with Gasteiger partial charge in [-0.3, -0.25) is 14.4 Å². The van der Waals surface area contributed by atoms with Gasteiger partial charge in [-0.1, -0.05) is 45.0 Å². The molecule has 0 saturated carbocycles. The number of ether oxygens (including phenoxy) is 2. The van der Waals surface area contributed by atoms with Gasteiger partial charge in [0.25, 0.3) is 0 Å². The Hall–Kier alpha value is -2.36. The molecule has 0 aliphatic heterocycles. The second kappa shape index (κ2) is 14.3. The number of amides is 2. The molecule has 0 aliphatic rings. The third-order valence-electron chi connectivity index (χ3n) is 6.44. The monoisotopic (exact) mass is 526 g/mol. The van der Waals surface area contributed by atoms with Crippen molar-refractivity contribution in [2.24, 2.45) is 5.41 Å². The SMILES string of the molecule is C=CC(=O)NC(Cc1ccc(OC)c(Cl)c1)C(=O)NCC(C)(CO[Si](CC)(CC)CC)C(=O)OC. The number of hydrogen-bond donors (Lipinski definition) is 2. The number of rotatable bonds is 15. The summed E-state index contributed by atoms with van der Waals surface area (Å²) in [5.74, 6) is -0.912. The molecule has 8 nitrogen and oxygen atoms in total. The van der Waals surface area contributed by atoms with Crippen LogP contribution in [0.1, 0.15) is 33.3 Å². The maximum atomic E-state index is 13.1. The summed E-state index contributed by atoms with van der Waals surface area (Å²) in [5, 5.41) is 5.84. The molecule has 0 spiro atoms. The largest absolute Gasteiger partial charge is 0.495 e. The first-order valence-electron chi connectivity index (χ1n) is 11.8. The molecule has 1 aromatic carbocycles. The molecule has 0 bridgehead atoms. The van der Waals surface area contributed by atoms with Crippen molar-refractivity contribution in [1.29, 1.82) is 0 Å². The van der Waals surface area contributed by atoms with Crippen molar-refractivity contribution in [3.05, 3.63) is 41.4 Å². The zero-order valence-electron chi connectivity index (χ0n) is 21.7. The summed E-state index contributed by atoms with van der Waals surface area (Å²) in [6.07, 6.45) is 1.27. The van der Waals surface area contributed by atoms with Gasteiger partial charge >= 0.3 is 5.97 Å². The van der Waals surface area contributed by atoms with Crippen molar-refractivity contribution in [3.63, 3.8) is 0 Å². The number of methoxy groups -OCH3 is 2. The van der Waals surface area contributed by atoms with Crippen LogP contribution in [0.2, 0.25) is 23.2 Å². The first-order valence-corrected chi connectivity index (χ1v) is 14.7. The number of nitrogens with one attached hydrogen (secondary N) is 2. The Morgan fingerprint density at radius 3 is 2.29 bits per heavy atom. The average Bonchev–Trinajstić information content (AvgIpc) is 2.87. The van der Waals surface area contributed by atoms with Gasteiger partial charge in [-0.15, -0.1) is 0 Å². The Balaban J connectivity index is 3.05. The molecule has 196 valence electrons. The highest BCUT2D eigenvalue weighted by Gasteiger charge is 2.39. The van der Waals surface area contributed by atoms with E-state index in [1.54, 1.807) is 25.1 Å².